The van der Waals surface area contributed by atoms with E-state index in [9.17, 15) is 13.2 Å². The number of hydrogen-bond acceptors (Lipinski definition) is 5. The zero-order chi connectivity index (χ0) is 21.6. The lowest BCUT2D eigenvalue weighted by Gasteiger charge is -2.20. The Labute approximate surface area is 176 Å². The van der Waals surface area contributed by atoms with Crippen molar-refractivity contribution in [2.45, 2.75) is 4.90 Å². The van der Waals surface area contributed by atoms with Crippen LogP contribution in [0.4, 0.5) is 5.69 Å². The normalized spacial score (nSPS) is 11.3. The van der Waals surface area contributed by atoms with Crippen molar-refractivity contribution in [2.24, 2.45) is 0 Å². The van der Waals surface area contributed by atoms with E-state index in [1.54, 1.807) is 49.6 Å². The monoisotopic (exact) mass is 428 g/mol. The van der Waals surface area contributed by atoms with Gasteiger partial charge in [-0.25, -0.2) is 8.42 Å². The van der Waals surface area contributed by atoms with Crippen LogP contribution in [0.2, 0.25) is 0 Å². The zero-order valence-corrected chi connectivity index (χ0v) is 17.7. The number of rotatable bonds is 9. The summed E-state index contributed by atoms with van der Waals surface area (Å²) in [5, 5.41) is 4.50. The van der Waals surface area contributed by atoms with Crippen LogP contribution in [0, 0.1) is 0 Å². The molecule has 3 rings (SSSR count). The minimum Gasteiger partial charge on any atom is -0.484 e. The quantitative estimate of drug-likeness (QED) is 0.530. The van der Waals surface area contributed by atoms with Crippen LogP contribution in [0.3, 0.4) is 0 Å². The van der Waals surface area contributed by atoms with Crippen LogP contribution in [-0.2, 0) is 19.6 Å². The maximum absolute atomic E-state index is 13.0. The number of anilines is 1. The summed E-state index contributed by atoms with van der Waals surface area (Å²) in [6.45, 7) is 0.710. The Bertz CT molecular complexity index is 1110. The van der Waals surface area contributed by atoms with Crippen molar-refractivity contribution in [1.82, 2.24) is 5.32 Å². The molecule has 7 nitrogen and oxygen atoms in total. The van der Waals surface area contributed by atoms with Gasteiger partial charge in [0.15, 0.2) is 6.61 Å². The van der Waals surface area contributed by atoms with Gasteiger partial charge in [-0.15, -0.1) is 0 Å². The molecule has 0 fully saturated rings. The van der Waals surface area contributed by atoms with Crippen molar-refractivity contribution in [3.05, 3.63) is 66.7 Å². The van der Waals surface area contributed by atoms with E-state index in [0.717, 1.165) is 10.8 Å². The Balaban J connectivity index is 1.68. The molecule has 0 aliphatic rings. The summed E-state index contributed by atoms with van der Waals surface area (Å²) in [5.41, 5.74) is 0.486. The summed E-state index contributed by atoms with van der Waals surface area (Å²) < 4.78 is 37.6. The molecule has 30 heavy (non-hydrogen) atoms. The van der Waals surface area contributed by atoms with Gasteiger partial charge in [0.2, 0.25) is 0 Å². The topological polar surface area (TPSA) is 84.9 Å². The van der Waals surface area contributed by atoms with Gasteiger partial charge in [0, 0.05) is 20.7 Å². The molecule has 0 unspecified atom stereocenters. The van der Waals surface area contributed by atoms with Gasteiger partial charge >= 0.3 is 0 Å². The Morgan fingerprint density at radius 3 is 2.40 bits per heavy atom. The molecule has 0 aromatic heterocycles. The Hall–Kier alpha value is -3.10. The Morgan fingerprint density at radius 2 is 1.70 bits per heavy atom. The SMILES string of the molecule is COCCNC(=O)COc1ccc(N(C)S(=O)(=O)c2ccc3ccccc3c2)cc1. The number of sulfonamides is 1. The summed E-state index contributed by atoms with van der Waals surface area (Å²) in [5.74, 6) is 0.212. The Morgan fingerprint density at radius 1 is 1.00 bits per heavy atom. The molecule has 0 bridgehead atoms. The van der Waals surface area contributed by atoms with Crippen LogP contribution in [0.1, 0.15) is 0 Å². The third-order valence-corrected chi connectivity index (χ3v) is 6.36. The van der Waals surface area contributed by atoms with Crippen LogP contribution >= 0.6 is 0 Å². The molecule has 0 saturated carbocycles. The first-order valence-electron chi connectivity index (χ1n) is 9.38. The molecule has 3 aromatic rings. The highest BCUT2D eigenvalue weighted by molar-refractivity contribution is 7.92. The van der Waals surface area contributed by atoms with Crippen LogP contribution in [-0.4, -0.2) is 48.2 Å². The first-order chi connectivity index (χ1) is 14.4. The molecular weight excluding hydrogens is 404 g/mol. The fraction of sp³-hybridized carbons (Fsp3) is 0.227. The number of benzene rings is 3. The highest BCUT2D eigenvalue weighted by Crippen LogP contribution is 2.26. The molecule has 0 atom stereocenters. The van der Waals surface area contributed by atoms with E-state index < -0.39 is 10.0 Å². The number of amides is 1. The second-order valence-corrected chi connectivity index (χ2v) is 8.58. The average molecular weight is 429 g/mol. The first kappa shape index (κ1) is 21.6. The smallest absolute Gasteiger partial charge is 0.264 e. The second-order valence-electron chi connectivity index (χ2n) is 6.61. The van der Waals surface area contributed by atoms with Crippen molar-refractivity contribution in [3.8, 4) is 5.75 Å². The predicted molar refractivity (Wildman–Crippen MR) is 116 cm³/mol. The van der Waals surface area contributed by atoms with E-state index in [-0.39, 0.29) is 17.4 Å². The first-order valence-corrected chi connectivity index (χ1v) is 10.8. The molecule has 0 spiro atoms. The maximum atomic E-state index is 13.0. The molecule has 0 saturated heterocycles. The number of ether oxygens (including phenoxy) is 2. The third kappa shape index (κ3) is 5.08. The summed E-state index contributed by atoms with van der Waals surface area (Å²) >= 11 is 0. The van der Waals surface area contributed by atoms with E-state index in [4.69, 9.17) is 9.47 Å². The van der Waals surface area contributed by atoms with E-state index in [0.29, 0.717) is 24.6 Å². The minimum atomic E-state index is -3.72. The van der Waals surface area contributed by atoms with Gasteiger partial charge in [-0.2, -0.15) is 0 Å². The molecule has 0 aliphatic heterocycles. The lowest BCUT2D eigenvalue weighted by molar-refractivity contribution is -0.123. The molecule has 1 amide bonds. The molecule has 1 N–H and O–H groups in total. The molecule has 0 aliphatic carbocycles. The molecule has 0 heterocycles. The van der Waals surface area contributed by atoms with Gasteiger partial charge in [-0.05, 0) is 47.2 Å². The number of carbonyl (C=O) groups is 1. The van der Waals surface area contributed by atoms with Crippen LogP contribution in [0.15, 0.2) is 71.6 Å². The molecule has 158 valence electrons. The summed E-state index contributed by atoms with van der Waals surface area (Å²) in [6, 6.07) is 19.2. The van der Waals surface area contributed by atoms with E-state index in [1.807, 2.05) is 24.3 Å². The lowest BCUT2D eigenvalue weighted by atomic mass is 10.1. The number of methoxy groups -OCH3 is 1. The molecule has 0 radical (unpaired) electrons. The fourth-order valence-corrected chi connectivity index (χ4v) is 4.10. The summed E-state index contributed by atoms with van der Waals surface area (Å²) in [4.78, 5) is 11.9. The van der Waals surface area contributed by atoms with Crippen molar-refractivity contribution in [2.75, 3.05) is 38.2 Å². The van der Waals surface area contributed by atoms with Crippen LogP contribution < -0.4 is 14.4 Å². The van der Waals surface area contributed by atoms with Crippen molar-refractivity contribution < 1.29 is 22.7 Å². The van der Waals surface area contributed by atoms with E-state index >= 15 is 0 Å². The number of carbonyl (C=O) groups excluding carboxylic acids is 1. The largest absolute Gasteiger partial charge is 0.484 e. The zero-order valence-electron chi connectivity index (χ0n) is 16.9. The van der Waals surface area contributed by atoms with Crippen LogP contribution in [0.25, 0.3) is 10.8 Å². The van der Waals surface area contributed by atoms with Gasteiger partial charge in [0.25, 0.3) is 15.9 Å². The van der Waals surface area contributed by atoms with Crippen LogP contribution in [0.5, 0.6) is 5.75 Å². The Kier molecular flexibility index (Phi) is 6.91. The fourth-order valence-electron chi connectivity index (χ4n) is 2.87. The molecular formula is C22H24N2O5S. The average Bonchev–Trinajstić information content (AvgIpc) is 2.77. The van der Waals surface area contributed by atoms with Crippen molar-refractivity contribution >= 4 is 32.4 Å². The highest BCUT2D eigenvalue weighted by Gasteiger charge is 2.21. The minimum absolute atomic E-state index is 0.131. The summed E-state index contributed by atoms with van der Waals surface area (Å²) in [7, 11) is -0.658. The predicted octanol–water partition coefficient (Wildman–Crippen LogP) is 2.81. The third-order valence-electron chi connectivity index (χ3n) is 4.58. The maximum Gasteiger partial charge on any atom is 0.264 e. The van der Waals surface area contributed by atoms with Gasteiger partial charge in [-0.3, -0.25) is 9.10 Å². The van der Waals surface area contributed by atoms with Crippen molar-refractivity contribution in [1.29, 1.82) is 0 Å². The number of nitrogens with one attached hydrogen (secondary N) is 1. The standard InChI is InChI=1S/C22H24N2O5S/c1-24(30(26,27)21-12-7-17-5-3-4-6-18(17)15-21)19-8-10-20(11-9-19)29-16-22(25)23-13-14-28-2/h3-12,15H,13-14,16H2,1-2H3,(H,23,25). The number of fused-ring (bicyclic) bond motifs is 1. The number of hydrogen-bond donors (Lipinski definition) is 1. The lowest BCUT2D eigenvalue weighted by Crippen LogP contribution is -2.31. The number of nitrogens with zero attached hydrogens (tertiary/aromatic N) is 1. The highest BCUT2D eigenvalue weighted by atomic mass is 32.2. The van der Waals surface area contributed by atoms with Gasteiger partial charge < -0.3 is 14.8 Å². The second kappa shape index (κ2) is 9.60. The van der Waals surface area contributed by atoms with Gasteiger partial charge in [0.1, 0.15) is 5.75 Å². The van der Waals surface area contributed by atoms with Gasteiger partial charge in [0.05, 0.1) is 17.2 Å². The van der Waals surface area contributed by atoms with Crippen molar-refractivity contribution in [3.63, 3.8) is 0 Å². The molecule has 8 heteroatoms. The van der Waals surface area contributed by atoms with E-state index in [1.165, 1.54) is 11.4 Å². The molecule has 3 aromatic carbocycles. The summed E-state index contributed by atoms with van der Waals surface area (Å²) in [6.07, 6.45) is 0. The van der Waals surface area contributed by atoms with Gasteiger partial charge in [-0.1, -0.05) is 30.3 Å². The van der Waals surface area contributed by atoms with E-state index in [2.05, 4.69) is 5.32 Å².